The number of hydrogen-bond acceptors (Lipinski definition) is 7. The highest BCUT2D eigenvalue weighted by Crippen LogP contribution is 2.38. The van der Waals surface area contributed by atoms with E-state index in [9.17, 15) is 18.0 Å². The molecule has 0 aliphatic heterocycles. The van der Waals surface area contributed by atoms with Crippen molar-refractivity contribution in [3.05, 3.63) is 24.3 Å². The third-order valence-corrected chi connectivity index (χ3v) is 12.5. The molecule has 0 aromatic carbocycles. The molecule has 0 N–H and O–H groups in total. The molecule has 214 valence electrons. The average Bonchev–Trinajstić information content (AvgIpc) is 3.14. The number of carbonyl (C=O) groups is 2. The van der Waals surface area contributed by atoms with E-state index in [1.165, 1.54) is 13.2 Å². The summed E-state index contributed by atoms with van der Waals surface area (Å²) in [6.07, 6.45) is 14.6. The molecule has 0 heterocycles. The maximum Gasteiger partial charge on any atom is 0.305 e. The van der Waals surface area contributed by atoms with E-state index in [-0.39, 0.29) is 28.8 Å². The Hall–Kier alpha value is -1.29. The molecule has 0 saturated heterocycles. The minimum Gasteiger partial charge on any atom is -0.469 e. The summed E-state index contributed by atoms with van der Waals surface area (Å²) in [4.78, 5) is 24.2. The highest BCUT2D eigenvalue weighted by molar-refractivity contribution is 7.86. The van der Waals surface area contributed by atoms with Gasteiger partial charge < -0.3 is 9.16 Å². The van der Waals surface area contributed by atoms with Gasteiger partial charge in [-0.3, -0.25) is 13.8 Å². The van der Waals surface area contributed by atoms with Crippen molar-refractivity contribution >= 4 is 30.2 Å². The van der Waals surface area contributed by atoms with Crippen LogP contribution in [-0.2, 0) is 33.1 Å². The largest absolute Gasteiger partial charge is 0.469 e. The predicted octanol–water partition coefficient (Wildman–Crippen LogP) is 6.35. The van der Waals surface area contributed by atoms with Gasteiger partial charge in [0.1, 0.15) is 0 Å². The molecule has 0 fully saturated rings. The number of esters is 1. The van der Waals surface area contributed by atoms with Crippen LogP contribution in [0.4, 0.5) is 0 Å². The van der Waals surface area contributed by atoms with E-state index in [4.69, 9.17) is 8.61 Å². The van der Waals surface area contributed by atoms with Crippen LogP contribution in [0.25, 0.3) is 0 Å². The van der Waals surface area contributed by atoms with Crippen molar-refractivity contribution in [3.8, 4) is 0 Å². The van der Waals surface area contributed by atoms with E-state index in [2.05, 4.69) is 51.6 Å². The fraction of sp³-hybridized carbons (Fsp3) is 0.786. The number of hydrogen-bond donors (Lipinski definition) is 0. The molecule has 9 heteroatoms. The van der Waals surface area contributed by atoms with E-state index in [0.717, 1.165) is 31.9 Å². The summed E-state index contributed by atoms with van der Waals surface area (Å²) >= 11 is 0. The summed E-state index contributed by atoms with van der Waals surface area (Å²) in [6, 6.07) is 0. The minimum absolute atomic E-state index is 0.0511. The number of allylic oxidation sites excluding steroid dienone is 3. The molecule has 7 nitrogen and oxygen atoms in total. The van der Waals surface area contributed by atoms with Crippen LogP contribution in [0.1, 0.15) is 85.5 Å². The highest BCUT2D eigenvalue weighted by Gasteiger charge is 2.40. The number of carbonyl (C=O) groups excluding carboxylic acids is 2. The number of ketones is 1. The Morgan fingerprint density at radius 3 is 2.32 bits per heavy atom. The second-order valence-electron chi connectivity index (χ2n) is 11.7. The van der Waals surface area contributed by atoms with Gasteiger partial charge in [0.25, 0.3) is 10.1 Å². The van der Waals surface area contributed by atoms with Crippen molar-refractivity contribution in [3.63, 3.8) is 0 Å². The fourth-order valence-electron chi connectivity index (χ4n) is 4.24. The van der Waals surface area contributed by atoms with Gasteiger partial charge in [0, 0.05) is 12.3 Å². The second-order valence-corrected chi connectivity index (χ2v) is 18.0. The first kappa shape index (κ1) is 33.7. The number of methoxy groups -OCH3 is 1. The maximum atomic E-state index is 12.9. The van der Waals surface area contributed by atoms with Crippen LogP contribution in [-0.4, -0.2) is 54.1 Å². The van der Waals surface area contributed by atoms with Crippen LogP contribution < -0.4 is 0 Å². The summed E-state index contributed by atoms with van der Waals surface area (Å²) in [5.41, 5.74) is 0. The van der Waals surface area contributed by atoms with Crippen LogP contribution in [0.15, 0.2) is 24.3 Å². The topological polar surface area (TPSA) is 96.0 Å². The molecule has 0 aromatic heterocycles. The zero-order valence-corrected chi connectivity index (χ0v) is 26.1. The van der Waals surface area contributed by atoms with Crippen LogP contribution in [0, 0.1) is 11.8 Å². The van der Waals surface area contributed by atoms with Crippen molar-refractivity contribution in [1.29, 1.82) is 0 Å². The summed E-state index contributed by atoms with van der Waals surface area (Å²) in [5, 5.41) is 0.0812. The first-order valence-electron chi connectivity index (χ1n) is 13.6. The Kier molecular flexibility index (Phi) is 14.0. The lowest BCUT2D eigenvalue weighted by Gasteiger charge is -2.39. The van der Waals surface area contributed by atoms with E-state index in [1.807, 2.05) is 12.2 Å². The zero-order chi connectivity index (χ0) is 28.3. The molecule has 1 aliphatic carbocycles. The molecule has 0 aromatic rings. The zero-order valence-electron chi connectivity index (χ0n) is 24.2. The van der Waals surface area contributed by atoms with E-state index < -0.39 is 30.5 Å². The molecule has 0 amide bonds. The standard InChI is InChI=1S/C28H50O7SSi/c1-9-10-12-15-23(35-37(7,8)28(2,3)4)20-18-22-19-21-24(29)27(22)25(34-36(6,31)32)16-13-11-14-17-26(30)33-5/h18-23,25,27H,9-17H2,1-8H3/b20-18+/t22-,23-,25+,27+/m0/s1. The maximum absolute atomic E-state index is 12.9. The Morgan fingerprint density at radius 2 is 1.76 bits per heavy atom. The molecular formula is C28H50O7SSi. The number of ether oxygens (including phenoxy) is 1. The van der Waals surface area contributed by atoms with Gasteiger partial charge in [-0.05, 0) is 43.5 Å². The number of rotatable bonds is 17. The Bertz CT molecular complexity index is 887. The molecule has 0 radical (unpaired) electrons. The summed E-state index contributed by atoms with van der Waals surface area (Å²) in [7, 11) is -4.39. The average molecular weight is 559 g/mol. The van der Waals surface area contributed by atoms with Gasteiger partial charge in [-0.15, -0.1) is 0 Å². The van der Waals surface area contributed by atoms with Gasteiger partial charge >= 0.3 is 5.97 Å². The lowest BCUT2D eigenvalue weighted by molar-refractivity contribution is -0.140. The smallest absolute Gasteiger partial charge is 0.305 e. The van der Waals surface area contributed by atoms with Gasteiger partial charge in [0.2, 0.25) is 0 Å². The third-order valence-electron chi connectivity index (χ3n) is 7.41. The van der Waals surface area contributed by atoms with Crippen LogP contribution in [0.2, 0.25) is 18.1 Å². The van der Waals surface area contributed by atoms with Gasteiger partial charge in [-0.1, -0.05) is 78.0 Å². The van der Waals surface area contributed by atoms with Crippen molar-refractivity contribution < 1.29 is 31.4 Å². The van der Waals surface area contributed by atoms with Gasteiger partial charge in [-0.25, -0.2) is 0 Å². The quantitative estimate of drug-likeness (QED) is 0.0674. The van der Waals surface area contributed by atoms with E-state index in [1.54, 1.807) is 0 Å². The first-order valence-corrected chi connectivity index (χ1v) is 18.4. The van der Waals surface area contributed by atoms with Crippen molar-refractivity contribution in [2.24, 2.45) is 11.8 Å². The molecule has 0 bridgehead atoms. The lowest BCUT2D eigenvalue weighted by atomic mass is 9.86. The Labute approximate surface area is 226 Å². The van der Waals surface area contributed by atoms with Gasteiger partial charge in [0.15, 0.2) is 14.1 Å². The Morgan fingerprint density at radius 1 is 1.11 bits per heavy atom. The van der Waals surface area contributed by atoms with E-state index >= 15 is 0 Å². The monoisotopic (exact) mass is 558 g/mol. The Balaban J connectivity index is 3.03. The van der Waals surface area contributed by atoms with Crippen LogP contribution in [0.5, 0.6) is 0 Å². The number of unbranched alkanes of at least 4 members (excludes halogenated alkanes) is 4. The molecule has 1 aliphatic rings. The van der Waals surface area contributed by atoms with Crippen molar-refractivity contribution in [1.82, 2.24) is 0 Å². The van der Waals surface area contributed by atoms with Crippen LogP contribution in [0.3, 0.4) is 0 Å². The third kappa shape index (κ3) is 12.4. The molecule has 37 heavy (non-hydrogen) atoms. The van der Waals surface area contributed by atoms with E-state index in [0.29, 0.717) is 32.1 Å². The SMILES string of the molecule is CCCCC[C@@H](/C=C/[C@H]1C=CC(=O)[C@@H]1[C@@H](CCCCCC(=O)OC)OS(C)(=O)=O)O[Si](C)(C)C(C)(C)C. The van der Waals surface area contributed by atoms with Crippen LogP contribution >= 0.6 is 0 Å². The van der Waals surface area contributed by atoms with Gasteiger partial charge in [0.05, 0.1) is 31.5 Å². The van der Waals surface area contributed by atoms with Crippen molar-refractivity contribution in [2.45, 2.75) is 116 Å². The van der Waals surface area contributed by atoms with Crippen molar-refractivity contribution in [2.75, 3.05) is 13.4 Å². The lowest BCUT2D eigenvalue weighted by Crippen LogP contribution is -2.43. The normalized spacial score (nSPS) is 20.5. The van der Waals surface area contributed by atoms with Gasteiger partial charge in [-0.2, -0.15) is 8.42 Å². The molecule has 4 atom stereocenters. The summed E-state index contributed by atoms with van der Waals surface area (Å²) in [6.45, 7) is 13.3. The molecule has 0 spiro atoms. The fourth-order valence-corrected chi connectivity index (χ4v) is 6.22. The summed E-state index contributed by atoms with van der Waals surface area (Å²) in [5.74, 6) is -1.25. The predicted molar refractivity (Wildman–Crippen MR) is 151 cm³/mol. The minimum atomic E-state index is -3.75. The second kappa shape index (κ2) is 15.3. The molecular weight excluding hydrogens is 508 g/mol. The summed E-state index contributed by atoms with van der Waals surface area (Å²) < 4.78 is 40.9. The highest BCUT2D eigenvalue weighted by atomic mass is 32.2. The first-order chi connectivity index (χ1) is 17.1. The molecule has 0 unspecified atom stereocenters. The molecule has 1 rings (SSSR count). The molecule has 0 saturated carbocycles.